The number of allylic oxidation sites excluding steroid dienone is 2. The van der Waals surface area contributed by atoms with E-state index < -0.39 is 0 Å². The van der Waals surface area contributed by atoms with Crippen LogP contribution in [0.1, 0.15) is 6.92 Å². The second kappa shape index (κ2) is 3.48. The third kappa shape index (κ3) is 1.52. The molecule has 0 aromatic rings. The number of rotatable bonds is 2. The van der Waals surface area contributed by atoms with E-state index in [1.165, 1.54) is 0 Å². The SMILES string of the molecule is C=CC1=C(C=C)N(C)CC(C)O1. The summed E-state index contributed by atoms with van der Waals surface area (Å²) in [6.45, 7) is 10.4. The predicted octanol–water partition coefficient (Wildman–Crippen LogP) is 1.92. The van der Waals surface area contributed by atoms with Crippen LogP contribution in [0.5, 0.6) is 0 Å². The minimum atomic E-state index is 0.228. The fraction of sp³-hybridized carbons (Fsp3) is 0.400. The molecule has 0 aromatic carbocycles. The molecule has 1 rings (SSSR count). The Morgan fingerprint density at radius 2 is 2.17 bits per heavy atom. The standard InChI is InChI=1S/C10H15NO/c1-5-9-10(6-2)12-8(3)7-11(9)4/h5-6,8H,1-2,7H2,3-4H3. The Kier molecular flexibility index (Phi) is 2.58. The van der Waals surface area contributed by atoms with Crippen molar-refractivity contribution in [1.82, 2.24) is 4.90 Å². The van der Waals surface area contributed by atoms with Gasteiger partial charge in [-0.1, -0.05) is 13.2 Å². The van der Waals surface area contributed by atoms with Gasteiger partial charge < -0.3 is 9.64 Å². The van der Waals surface area contributed by atoms with Crippen molar-refractivity contribution < 1.29 is 4.74 Å². The maximum Gasteiger partial charge on any atom is 0.142 e. The summed E-state index contributed by atoms with van der Waals surface area (Å²) in [5, 5.41) is 0. The molecule has 0 N–H and O–H groups in total. The minimum absolute atomic E-state index is 0.228. The molecule has 0 fully saturated rings. The lowest BCUT2D eigenvalue weighted by molar-refractivity contribution is 0.0829. The van der Waals surface area contributed by atoms with Gasteiger partial charge in [0.25, 0.3) is 0 Å². The Bertz CT molecular complexity index is 230. The van der Waals surface area contributed by atoms with Gasteiger partial charge in [0.05, 0.1) is 12.2 Å². The molecule has 0 saturated heterocycles. The van der Waals surface area contributed by atoms with E-state index in [-0.39, 0.29) is 6.10 Å². The monoisotopic (exact) mass is 165 g/mol. The van der Waals surface area contributed by atoms with Gasteiger partial charge in [0.1, 0.15) is 11.9 Å². The van der Waals surface area contributed by atoms with E-state index in [9.17, 15) is 0 Å². The number of nitrogens with zero attached hydrogens (tertiary/aromatic N) is 1. The van der Waals surface area contributed by atoms with Crippen LogP contribution in [0.2, 0.25) is 0 Å². The molecule has 0 aliphatic carbocycles. The molecule has 2 heteroatoms. The summed E-state index contributed by atoms with van der Waals surface area (Å²) in [7, 11) is 2.03. The average molecular weight is 165 g/mol. The lowest BCUT2D eigenvalue weighted by Gasteiger charge is -2.32. The lowest BCUT2D eigenvalue weighted by atomic mass is 10.2. The number of hydrogen-bond donors (Lipinski definition) is 0. The summed E-state index contributed by atoms with van der Waals surface area (Å²) < 4.78 is 5.56. The first-order chi connectivity index (χ1) is 5.69. The quantitative estimate of drug-likeness (QED) is 0.620. The molecule has 1 heterocycles. The van der Waals surface area contributed by atoms with Crippen LogP contribution < -0.4 is 0 Å². The Balaban J connectivity index is 2.97. The van der Waals surface area contributed by atoms with Crippen LogP contribution in [0.15, 0.2) is 36.8 Å². The van der Waals surface area contributed by atoms with E-state index in [1.807, 2.05) is 14.0 Å². The van der Waals surface area contributed by atoms with Gasteiger partial charge in [0.15, 0.2) is 0 Å². The van der Waals surface area contributed by atoms with Crippen molar-refractivity contribution in [3.8, 4) is 0 Å². The second-order valence-corrected chi connectivity index (χ2v) is 2.97. The van der Waals surface area contributed by atoms with E-state index >= 15 is 0 Å². The Morgan fingerprint density at radius 1 is 1.50 bits per heavy atom. The molecule has 0 radical (unpaired) electrons. The first kappa shape index (κ1) is 8.91. The zero-order chi connectivity index (χ0) is 9.14. The average Bonchev–Trinajstić information content (AvgIpc) is 2.03. The molecule has 1 aliphatic rings. The number of hydrogen-bond acceptors (Lipinski definition) is 2. The topological polar surface area (TPSA) is 12.5 Å². The highest BCUT2D eigenvalue weighted by molar-refractivity contribution is 5.27. The molecule has 0 amide bonds. The summed E-state index contributed by atoms with van der Waals surface area (Å²) in [4.78, 5) is 2.12. The third-order valence-electron chi connectivity index (χ3n) is 1.90. The first-order valence-corrected chi connectivity index (χ1v) is 4.06. The van der Waals surface area contributed by atoms with Crippen molar-refractivity contribution in [3.05, 3.63) is 36.8 Å². The number of likely N-dealkylation sites (N-methyl/N-ethyl adjacent to an activating group) is 1. The molecule has 2 nitrogen and oxygen atoms in total. The first-order valence-electron chi connectivity index (χ1n) is 4.06. The fourth-order valence-electron chi connectivity index (χ4n) is 1.40. The fourth-order valence-corrected chi connectivity index (χ4v) is 1.40. The molecule has 0 aromatic heterocycles. The molecule has 1 unspecified atom stereocenters. The zero-order valence-corrected chi connectivity index (χ0v) is 7.71. The van der Waals surface area contributed by atoms with Crippen molar-refractivity contribution in [1.29, 1.82) is 0 Å². The van der Waals surface area contributed by atoms with Crippen molar-refractivity contribution in [2.24, 2.45) is 0 Å². The number of ether oxygens (including phenoxy) is 1. The largest absolute Gasteiger partial charge is 0.487 e. The zero-order valence-electron chi connectivity index (χ0n) is 7.71. The van der Waals surface area contributed by atoms with Crippen LogP contribution in [0.4, 0.5) is 0 Å². The molecule has 1 atom stereocenters. The minimum Gasteiger partial charge on any atom is -0.487 e. The Hall–Kier alpha value is -1.18. The van der Waals surface area contributed by atoms with Gasteiger partial charge in [0, 0.05) is 7.05 Å². The van der Waals surface area contributed by atoms with Crippen molar-refractivity contribution >= 4 is 0 Å². The van der Waals surface area contributed by atoms with Crippen molar-refractivity contribution in [2.45, 2.75) is 13.0 Å². The summed E-state index contributed by atoms with van der Waals surface area (Å²) in [6, 6.07) is 0. The highest BCUT2D eigenvalue weighted by Gasteiger charge is 2.18. The van der Waals surface area contributed by atoms with Gasteiger partial charge >= 0.3 is 0 Å². The van der Waals surface area contributed by atoms with Crippen molar-refractivity contribution in [3.63, 3.8) is 0 Å². The molecular weight excluding hydrogens is 150 g/mol. The summed E-state index contributed by atoms with van der Waals surface area (Å²) >= 11 is 0. The van der Waals surface area contributed by atoms with E-state index in [0.717, 1.165) is 18.0 Å². The van der Waals surface area contributed by atoms with Crippen LogP contribution in [0.3, 0.4) is 0 Å². The molecule has 0 bridgehead atoms. The lowest BCUT2D eigenvalue weighted by Crippen LogP contribution is -2.33. The van der Waals surface area contributed by atoms with Gasteiger partial charge in [-0.2, -0.15) is 0 Å². The van der Waals surface area contributed by atoms with E-state index in [4.69, 9.17) is 4.74 Å². The van der Waals surface area contributed by atoms with Crippen LogP contribution in [0, 0.1) is 0 Å². The van der Waals surface area contributed by atoms with Crippen LogP contribution >= 0.6 is 0 Å². The molecule has 0 saturated carbocycles. The van der Waals surface area contributed by atoms with E-state index in [0.29, 0.717) is 0 Å². The smallest absolute Gasteiger partial charge is 0.142 e. The maximum atomic E-state index is 5.56. The highest BCUT2D eigenvalue weighted by atomic mass is 16.5. The molecular formula is C10H15NO. The predicted molar refractivity (Wildman–Crippen MR) is 50.6 cm³/mol. The van der Waals surface area contributed by atoms with E-state index in [1.54, 1.807) is 12.2 Å². The third-order valence-corrected chi connectivity index (χ3v) is 1.90. The molecule has 66 valence electrons. The summed E-state index contributed by atoms with van der Waals surface area (Å²) in [5.41, 5.74) is 1.02. The van der Waals surface area contributed by atoms with Crippen LogP contribution in [-0.2, 0) is 4.74 Å². The van der Waals surface area contributed by atoms with E-state index in [2.05, 4.69) is 18.1 Å². The van der Waals surface area contributed by atoms with Crippen LogP contribution in [-0.4, -0.2) is 24.6 Å². The molecule has 1 aliphatic heterocycles. The Morgan fingerprint density at radius 3 is 2.67 bits per heavy atom. The molecule has 0 spiro atoms. The Labute approximate surface area is 73.8 Å². The summed E-state index contributed by atoms with van der Waals surface area (Å²) in [6.07, 6.45) is 3.75. The summed E-state index contributed by atoms with van der Waals surface area (Å²) in [5.74, 6) is 0.825. The maximum absolute atomic E-state index is 5.56. The van der Waals surface area contributed by atoms with Gasteiger partial charge in [-0.05, 0) is 19.1 Å². The van der Waals surface area contributed by atoms with Gasteiger partial charge in [-0.15, -0.1) is 0 Å². The van der Waals surface area contributed by atoms with Gasteiger partial charge in [-0.25, -0.2) is 0 Å². The molecule has 12 heavy (non-hydrogen) atoms. The van der Waals surface area contributed by atoms with Gasteiger partial charge in [0.2, 0.25) is 0 Å². The van der Waals surface area contributed by atoms with Crippen LogP contribution in [0.25, 0.3) is 0 Å². The normalized spacial score (nSPS) is 23.5. The second-order valence-electron chi connectivity index (χ2n) is 2.97. The van der Waals surface area contributed by atoms with Crippen molar-refractivity contribution in [2.75, 3.05) is 13.6 Å². The van der Waals surface area contributed by atoms with Gasteiger partial charge in [-0.3, -0.25) is 0 Å². The highest BCUT2D eigenvalue weighted by Crippen LogP contribution is 2.20.